The van der Waals surface area contributed by atoms with Gasteiger partial charge in [-0.05, 0) is 31.9 Å². The largest absolute Gasteiger partial charge is 0.348 e. The van der Waals surface area contributed by atoms with Crippen LogP contribution in [0.4, 0.5) is 0 Å². The number of rotatable bonds is 6. The summed E-state index contributed by atoms with van der Waals surface area (Å²) in [6, 6.07) is 5.10. The van der Waals surface area contributed by atoms with Crippen LogP contribution in [0, 0.1) is 6.92 Å². The predicted octanol–water partition coefficient (Wildman–Crippen LogP) is 1.95. The maximum atomic E-state index is 4.25. The van der Waals surface area contributed by atoms with Gasteiger partial charge < -0.3 is 14.5 Å². The van der Waals surface area contributed by atoms with Gasteiger partial charge in [-0.3, -0.25) is 0 Å². The van der Waals surface area contributed by atoms with E-state index in [0.717, 1.165) is 31.5 Å². The van der Waals surface area contributed by atoms with Gasteiger partial charge in [0.25, 0.3) is 0 Å². The van der Waals surface area contributed by atoms with Gasteiger partial charge in [-0.2, -0.15) is 0 Å². The molecule has 0 radical (unpaired) electrons. The molecule has 0 aliphatic heterocycles. The van der Waals surface area contributed by atoms with Crippen molar-refractivity contribution in [2.75, 3.05) is 0 Å². The van der Waals surface area contributed by atoms with Gasteiger partial charge in [0, 0.05) is 50.0 Å². The van der Waals surface area contributed by atoms with E-state index in [0.29, 0.717) is 0 Å². The first-order valence-electron chi connectivity index (χ1n) is 6.68. The zero-order valence-electron chi connectivity index (χ0n) is 10.8. The van der Waals surface area contributed by atoms with Crippen LogP contribution in [0.2, 0.25) is 0 Å². The third-order valence-electron chi connectivity index (χ3n) is 3.58. The number of hydrogen-bond acceptors (Lipinski definition) is 2. The van der Waals surface area contributed by atoms with E-state index in [9.17, 15) is 0 Å². The van der Waals surface area contributed by atoms with Crippen LogP contribution in [0.1, 0.15) is 24.4 Å². The standard InChI is InChI=1S/C14H20N4/c1-12-15-6-8-17(12)9-10-18-7-2-3-14(18)11-16-13-4-5-13/h2-3,6-8,13,16H,4-5,9-11H2,1H3. The number of hydrogen-bond donors (Lipinski definition) is 1. The summed E-state index contributed by atoms with van der Waals surface area (Å²) in [5.41, 5.74) is 1.37. The molecular weight excluding hydrogens is 224 g/mol. The number of imidazole rings is 1. The Kier molecular flexibility index (Phi) is 3.19. The maximum Gasteiger partial charge on any atom is 0.105 e. The highest BCUT2D eigenvalue weighted by Gasteiger charge is 2.20. The molecule has 2 heterocycles. The summed E-state index contributed by atoms with van der Waals surface area (Å²) in [4.78, 5) is 4.25. The van der Waals surface area contributed by atoms with Gasteiger partial charge in [-0.15, -0.1) is 0 Å². The summed E-state index contributed by atoms with van der Waals surface area (Å²) >= 11 is 0. The summed E-state index contributed by atoms with van der Waals surface area (Å²) in [5, 5.41) is 3.56. The zero-order chi connectivity index (χ0) is 12.4. The van der Waals surface area contributed by atoms with Crippen LogP contribution in [0.25, 0.3) is 0 Å². The van der Waals surface area contributed by atoms with E-state index in [-0.39, 0.29) is 0 Å². The molecule has 0 amide bonds. The summed E-state index contributed by atoms with van der Waals surface area (Å²) in [6.07, 6.45) is 8.75. The first kappa shape index (κ1) is 11.5. The van der Waals surface area contributed by atoms with Gasteiger partial charge >= 0.3 is 0 Å². The van der Waals surface area contributed by atoms with Crippen LogP contribution in [-0.4, -0.2) is 20.2 Å². The quantitative estimate of drug-likeness (QED) is 0.843. The molecule has 1 saturated carbocycles. The Hall–Kier alpha value is -1.55. The Morgan fingerprint density at radius 1 is 1.28 bits per heavy atom. The Morgan fingerprint density at radius 2 is 2.11 bits per heavy atom. The third-order valence-corrected chi connectivity index (χ3v) is 3.58. The van der Waals surface area contributed by atoms with Crippen molar-refractivity contribution in [1.82, 2.24) is 19.4 Å². The fourth-order valence-corrected chi connectivity index (χ4v) is 2.22. The first-order valence-corrected chi connectivity index (χ1v) is 6.68. The first-order chi connectivity index (χ1) is 8.83. The van der Waals surface area contributed by atoms with Crippen molar-refractivity contribution in [2.24, 2.45) is 0 Å². The minimum Gasteiger partial charge on any atom is -0.348 e. The number of aryl methyl sites for hydroxylation is 3. The smallest absolute Gasteiger partial charge is 0.105 e. The Bertz CT molecular complexity index is 507. The molecule has 1 N–H and O–H groups in total. The zero-order valence-corrected chi connectivity index (χ0v) is 10.8. The van der Waals surface area contributed by atoms with Gasteiger partial charge in [0.15, 0.2) is 0 Å². The molecule has 1 aliphatic rings. The molecule has 0 spiro atoms. The van der Waals surface area contributed by atoms with Crippen molar-refractivity contribution in [3.8, 4) is 0 Å². The van der Waals surface area contributed by atoms with Gasteiger partial charge in [0.2, 0.25) is 0 Å². The van der Waals surface area contributed by atoms with Crippen LogP contribution in [-0.2, 0) is 19.6 Å². The lowest BCUT2D eigenvalue weighted by atomic mass is 10.4. The summed E-state index contributed by atoms with van der Waals surface area (Å²) in [5.74, 6) is 1.08. The highest BCUT2D eigenvalue weighted by atomic mass is 15.1. The van der Waals surface area contributed by atoms with E-state index in [4.69, 9.17) is 0 Å². The minimum atomic E-state index is 0.768. The second-order valence-corrected chi connectivity index (χ2v) is 5.02. The third kappa shape index (κ3) is 2.64. The van der Waals surface area contributed by atoms with Crippen molar-refractivity contribution < 1.29 is 0 Å². The fraction of sp³-hybridized carbons (Fsp3) is 0.500. The summed E-state index contributed by atoms with van der Waals surface area (Å²) < 4.78 is 4.52. The van der Waals surface area contributed by atoms with E-state index in [1.165, 1.54) is 18.5 Å². The van der Waals surface area contributed by atoms with E-state index >= 15 is 0 Å². The summed E-state index contributed by atoms with van der Waals surface area (Å²) in [7, 11) is 0. The molecule has 1 aliphatic carbocycles. The Labute approximate surface area is 108 Å². The van der Waals surface area contributed by atoms with Gasteiger partial charge in [0.1, 0.15) is 5.82 Å². The predicted molar refractivity (Wildman–Crippen MR) is 71.3 cm³/mol. The number of aromatic nitrogens is 3. The lowest BCUT2D eigenvalue weighted by Gasteiger charge is -2.11. The van der Waals surface area contributed by atoms with Gasteiger partial charge in [0.05, 0.1) is 0 Å². The molecule has 3 rings (SSSR count). The highest BCUT2D eigenvalue weighted by Crippen LogP contribution is 2.19. The Morgan fingerprint density at radius 3 is 2.83 bits per heavy atom. The second-order valence-electron chi connectivity index (χ2n) is 5.02. The number of nitrogens with one attached hydrogen (secondary N) is 1. The molecule has 0 bridgehead atoms. The molecule has 0 aromatic carbocycles. The molecule has 1 fully saturated rings. The molecule has 18 heavy (non-hydrogen) atoms. The molecule has 0 saturated heterocycles. The van der Waals surface area contributed by atoms with Gasteiger partial charge in [-0.1, -0.05) is 0 Å². The normalized spacial score (nSPS) is 15.2. The Balaban J connectivity index is 1.58. The minimum absolute atomic E-state index is 0.768. The van der Waals surface area contributed by atoms with Crippen LogP contribution in [0.3, 0.4) is 0 Å². The van der Waals surface area contributed by atoms with E-state index in [2.05, 4.69) is 37.8 Å². The lowest BCUT2D eigenvalue weighted by molar-refractivity contribution is 0.540. The van der Waals surface area contributed by atoms with E-state index in [1.54, 1.807) is 0 Å². The number of nitrogens with zero attached hydrogens (tertiary/aromatic N) is 3. The van der Waals surface area contributed by atoms with Crippen LogP contribution in [0.15, 0.2) is 30.7 Å². The highest BCUT2D eigenvalue weighted by molar-refractivity contribution is 5.07. The van der Waals surface area contributed by atoms with Crippen molar-refractivity contribution >= 4 is 0 Å². The van der Waals surface area contributed by atoms with E-state index < -0.39 is 0 Å². The van der Waals surface area contributed by atoms with Crippen LogP contribution < -0.4 is 5.32 Å². The molecule has 0 atom stereocenters. The average molecular weight is 244 g/mol. The molecular formula is C14H20N4. The molecule has 2 aromatic heterocycles. The fourth-order valence-electron chi connectivity index (χ4n) is 2.22. The van der Waals surface area contributed by atoms with Crippen LogP contribution in [0.5, 0.6) is 0 Å². The monoisotopic (exact) mass is 244 g/mol. The van der Waals surface area contributed by atoms with Crippen molar-refractivity contribution in [3.63, 3.8) is 0 Å². The maximum absolute atomic E-state index is 4.25. The molecule has 0 unspecified atom stereocenters. The van der Waals surface area contributed by atoms with Crippen LogP contribution >= 0.6 is 0 Å². The second kappa shape index (κ2) is 4.98. The lowest BCUT2D eigenvalue weighted by Crippen LogP contribution is -2.19. The molecule has 4 nitrogen and oxygen atoms in total. The SMILES string of the molecule is Cc1nccn1CCn1cccc1CNC1CC1. The topological polar surface area (TPSA) is 34.8 Å². The van der Waals surface area contributed by atoms with Crippen molar-refractivity contribution in [2.45, 2.75) is 45.4 Å². The van der Waals surface area contributed by atoms with Gasteiger partial charge in [-0.25, -0.2) is 4.98 Å². The van der Waals surface area contributed by atoms with E-state index in [1.807, 2.05) is 19.3 Å². The van der Waals surface area contributed by atoms with Crippen molar-refractivity contribution in [1.29, 1.82) is 0 Å². The average Bonchev–Trinajstić information content (AvgIpc) is 2.94. The summed E-state index contributed by atoms with van der Waals surface area (Å²) in [6.45, 7) is 5.02. The molecule has 4 heteroatoms. The van der Waals surface area contributed by atoms with Crippen molar-refractivity contribution in [3.05, 3.63) is 42.2 Å². The molecule has 2 aromatic rings. The molecule has 96 valence electrons.